The zero-order valence-corrected chi connectivity index (χ0v) is 11.6. The minimum absolute atomic E-state index is 0.0655. The highest BCUT2D eigenvalue weighted by molar-refractivity contribution is 5.74. The molecule has 0 spiro atoms. The third-order valence-electron chi connectivity index (χ3n) is 3.47. The molecule has 2 rings (SSSR count). The van der Waals surface area contributed by atoms with Crippen LogP contribution in [0.25, 0.3) is 0 Å². The highest BCUT2D eigenvalue weighted by Gasteiger charge is 2.25. The normalized spacial score (nSPS) is 18.2. The molecule has 2 amide bonds. The first-order chi connectivity index (χ1) is 9.79. The number of benzene rings is 1. The molecule has 5 nitrogen and oxygen atoms in total. The first-order valence-electron chi connectivity index (χ1n) is 7.05. The molecular formula is C15H22N2O3. The van der Waals surface area contributed by atoms with E-state index in [1.165, 1.54) is 0 Å². The van der Waals surface area contributed by atoms with Crippen LogP contribution in [-0.4, -0.2) is 48.9 Å². The Kier molecular flexibility index (Phi) is 5.83. The van der Waals surface area contributed by atoms with Crippen molar-refractivity contribution >= 4 is 6.03 Å². The van der Waals surface area contributed by atoms with Gasteiger partial charge in [-0.15, -0.1) is 0 Å². The van der Waals surface area contributed by atoms with Crippen molar-refractivity contribution < 1.29 is 14.6 Å². The van der Waals surface area contributed by atoms with Crippen LogP contribution in [-0.2, 0) is 11.3 Å². The molecule has 1 aromatic carbocycles. The second-order valence-electron chi connectivity index (χ2n) is 5.05. The number of carbonyl (C=O) groups is 1. The number of ether oxygens (including phenoxy) is 1. The molecule has 0 radical (unpaired) electrons. The van der Waals surface area contributed by atoms with Crippen LogP contribution < -0.4 is 5.32 Å². The molecule has 2 N–H and O–H groups in total. The molecule has 0 aromatic heterocycles. The van der Waals surface area contributed by atoms with Gasteiger partial charge in [0.05, 0.1) is 13.2 Å². The van der Waals surface area contributed by atoms with Crippen LogP contribution in [0.15, 0.2) is 30.3 Å². The Balaban J connectivity index is 1.56. The first-order valence-corrected chi connectivity index (χ1v) is 7.05. The van der Waals surface area contributed by atoms with Crippen LogP contribution in [0.4, 0.5) is 4.79 Å². The van der Waals surface area contributed by atoms with Crippen LogP contribution in [0.5, 0.6) is 0 Å². The molecule has 1 heterocycles. The summed E-state index contributed by atoms with van der Waals surface area (Å²) in [6.07, 6.45) is 0.883. The van der Waals surface area contributed by atoms with E-state index in [1.807, 2.05) is 30.3 Å². The summed E-state index contributed by atoms with van der Waals surface area (Å²) in [6.45, 7) is 3.09. The lowest BCUT2D eigenvalue weighted by atomic mass is 10.1. The SMILES string of the molecule is O=C(NCCOCc1ccccc1)N1CCC(CO)C1. The summed E-state index contributed by atoms with van der Waals surface area (Å²) in [4.78, 5) is 13.6. The van der Waals surface area contributed by atoms with E-state index in [0.29, 0.717) is 26.3 Å². The molecule has 1 aromatic rings. The van der Waals surface area contributed by atoms with Gasteiger partial charge >= 0.3 is 6.03 Å². The van der Waals surface area contributed by atoms with Crippen LogP contribution in [0.3, 0.4) is 0 Å². The number of nitrogens with zero attached hydrogens (tertiary/aromatic N) is 1. The third kappa shape index (κ3) is 4.51. The van der Waals surface area contributed by atoms with Crippen LogP contribution in [0, 0.1) is 5.92 Å². The predicted molar refractivity (Wildman–Crippen MR) is 76.3 cm³/mol. The van der Waals surface area contributed by atoms with E-state index >= 15 is 0 Å². The van der Waals surface area contributed by atoms with Gasteiger partial charge in [-0.2, -0.15) is 0 Å². The molecule has 1 fully saturated rings. The Bertz CT molecular complexity index is 411. The maximum Gasteiger partial charge on any atom is 0.317 e. The topological polar surface area (TPSA) is 61.8 Å². The van der Waals surface area contributed by atoms with Gasteiger partial charge in [0.1, 0.15) is 0 Å². The minimum atomic E-state index is -0.0655. The van der Waals surface area contributed by atoms with Gasteiger partial charge in [0, 0.05) is 32.2 Å². The first kappa shape index (κ1) is 14.8. The fraction of sp³-hybridized carbons (Fsp3) is 0.533. The molecule has 1 saturated heterocycles. The lowest BCUT2D eigenvalue weighted by Gasteiger charge is -2.17. The van der Waals surface area contributed by atoms with Crippen molar-refractivity contribution in [1.82, 2.24) is 10.2 Å². The number of aliphatic hydroxyl groups is 1. The quantitative estimate of drug-likeness (QED) is 0.769. The number of rotatable bonds is 6. The average molecular weight is 278 g/mol. The van der Waals surface area contributed by atoms with Crippen LogP contribution >= 0.6 is 0 Å². The Morgan fingerprint density at radius 2 is 2.20 bits per heavy atom. The maximum absolute atomic E-state index is 11.8. The van der Waals surface area contributed by atoms with Gasteiger partial charge in [-0.1, -0.05) is 30.3 Å². The van der Waals surface area contributed by atoms with E-state index in [1.54, 1.807) is 4.90 Å². The van der Waals surface area contributed by atoms with E-state index in [2.05, 4.69) is 5.32 Å². The van der Waals surface area contributed by atoms with Gasteiger partial charge < -0.3 is 20.1 Å². The van der Waals surface area contributed by atoms with Crippen molar-refractivity contribution in [2.75, 3.05) is 32.8 Å². The minimum Gasteiger partial charge on any atom is -0.396 e. The summed E-state index contributed by atoms with van der Waals surface area (Å²) >= 11 is 0. The van der Waals surface area contributed by atoms with Crippen molar-refractivity contribution in [3.05, 3.63) is 35.9 Å². The molecule has 20 heavy (non-hydrogen) atoms. The van der Waals surface area contributed by atoms with E-state index in [0.717, 1.165) is 18.5 Å². The largest absolute Gasteiger partial charge is 0.396 e. The van der Waals surface area contributed by atoms with Gasteiger partial charge in [0.25, 0.3) is 0 Å². The molecule has 0 bridgehead atoms. The highest BCUT2D eigenvalue weighted by Crippen LogP contribution is 2.14. The number of hydrogen-bond acceptors (Lipinski definition) is 3. The van der Waals surface area contributed by atoms with Crippen molar-refractivity contribution in [3.8, 4) is 0 Å². The van der Waals surface area contributed by atoms with Gasteiger partial charge in [-0.3, -0.25) is 0 Å². The predicted octanol–water partition coefficient (Wildman–Crippen LogP) is 1.23. The van der Waals surface area contributed by atoms with Crippen molar-refractivity contribution in [1.29, 1.82) is 0 Å². The van der Waals surface area contributed by atoms with E-state index < -0.39 is 0 Å². The lowest BCUT2D eigenvalue weighted by molar-refractivity contribution is 0.121. The molecule has 5 heteroatoms. The molecule has 110 valence electrons. The smallest absolute Gasteiger partial charge is 0.317 e. The zero-order chi connectivity index (χ0) is 14.2. The third-order valence-corrected chi connectivity index (χ3v) is 3.47. The van der Waals surface area contributed by atoms with Crippen molar-refractivity contribution in [2.45, 2.75) is 13.0 Å². The second kappa shape index (κ2) is 7.87. The van der Waals surface area contributed by atoms with E-state index in [4.69, 9.17) is 9.84 Å². The summed E-state index contributed by atoms with van der Waals surface area (Å²) in [5, 5.41) is 11.9. The monoisotopic (exact) mass is 278 g/mol. The Hall–Kier alpha value is -1.59. The summed E-state index contributed by atoms with van der Waals surface area (Å²) in [5.41, 5.74) is 1.13. The number of hydrogen-bond donors (Lipinski definition) is 2. The summed E-state index contributed by atoms with van der Waals surface area (Å²) in [6, 6.07) is 9.88. The van der Waals surface area contributed by atoms with E-state index in [-0.39, 0.29) is 18.6 Å². The number of likely N-dealkylation sites (tertiary alicyclic amines) is 1. The fourth-order valence-corrected chi connectivity index (χ4v) is 2.27. The standard InChI is InChI=1S/C15H22N2O3/c18-11-14-6-8-17(10-14)15(19)16-7-9-20-12-13-4-2-1-3-5-13/h1-5,14,18H,6-12H2,(H,16,19). The maximum atomic E-state index is 11.8. The van der Waals surface area contributed by atoms with Gasteiger partial charge in [-0.05, 0) is 12.0 Å². The Morgan fingerprint density at radius 3 is 2.90 bits per heavy atom. The molecule has 1 aliphatic heterocycles. The highest BCUT2D eigenvalue weighted by atomic mass is 16.5. The van der Waals surface area contributed by atoms with Crippen molar-refractivity contribution in [3.63, 3.8) is 0 Å². The number of nitrogens with one attached hydrogen (secondary N) is 1. The van der Waals surface area contributed by atoms with Crippen LogP contribution in [0.2, 0.25) is 0 Å². The van der Waals surface area contributed by atoms with Crippen LogP contribution in [0.1, 0.15) is 12.0 Å². The number of aliphatic hydroxyl groups excluding tert-OH is 1. The summed E-state index contributed by atoms with van der Waals surface area (Å²) in [7, 11) is 0. The zero-order valence-electron chi connectivity index (χ0n) is 11.6. The molecule has 1 unspecified atom stereocenters. The number of urea groups is 1. The van der Waals surface area contributed by atoms with E-state index in [9.17, 15) is 4.79 Å². The number of amides is 2. The lowest BCUT2D eigenvalue weighted by Crippen LogP contribution is -2.40. The summed E-state index contributed by atoms with van der Waals surface area (Å²) in [5.74, 6) is 0.232. The van der Waals surface area contributed by atoms with Gasteiger partial charge in [-0.25, -0.2) is 4.79 Å². The molecule has 1 aliphatic rings. The second-order valence-corrected chi connectivity index (χ2v) is 5.05. The molecular weight excluding hydrogens is 256 g/mol. The van der Waals surface area contributed by atoms with Crippen molar-refractivity contribution in [2.24, 2.45) is 5.92 Å². The Labute approximate surface area is 119 Å². The summed E-state index contributed by atoms with van der Waals surface area (Å²) < 4.78 is 5.50. The van der Waals surface area contributed by atoms with Gasteiger partial charge in [0.15, 0.2) is 0 Å². The molecule has 0 aliphatic carbocycles. The fourth-order valence-electron chi connectivity index (χ4n) is 2.27. The Morgan fingerprint density at radius 1 is 1.40 bits per heavy atom. The molecule has 0 saturated carbocycles. The molecule has 1 atom stereocenters. The average Bonchev–Trinajstić information content (AvgIpc) is 2.97. The van der Waals surface area contributed by atoms with Gasteiger partial charge in [0.2, 0.25) is 0 Å². The number of carbonyl (C=O) groups excluding carboxylic acids is 1.